The molecule has 1 fully saturated rings. The van der Waals surface area contributed by atoms with Crippen molar-refractivity contribution in [2.45, 2.75) is 25.4 Å². The SMILES string of the molecule is COc1ccc2cc([C@@H](c3nnnn3Cc3ccccc3)N3CCCC3)c(=O)[nH]c2c1. The first-order valence-electron chi connectivity index (χ1n) is 10.5. The number of aromatic nitrogens is 5. The Kier molecular flexibility index (Phi) is 5.21. The second-order valence-electron chi connectivity index (χ2n) is 7.83. The van der Waals surface area contributed by atoms with Crippen molar-refractivity contribution in [2.75, 3.05) is 20.2 Å². The lowest BCUT2D eigenvalue weighted by molar-refractivity contribution is 0.263. The number of methoxy groups -OCH3 is 1. The minimum atomic E-state index is -0.309. The first-order chi connectivity index (χ1) is 15.2. The third-order valence-corrected chi connectivity index (χ3v) is 5.86. The predicted molar refractivity (Wildman–Crippen MR) is 117 cm³/mol. The van der Waals surface area contributed by atoms with Crippen molar-refractivity contribution in [1.82, 2.24) is 30.1 Å². The normalized spacial score (nSPS) is 15.4. The number of nitrogens with zero attached hydrogens (tertiary/aromatic N) is 5. The largest absolute Gasteiger partial charge is 0.497 e. The van der Waals surface area contributed by atoms with Gasteiger partial charge < -0.3 is 9.72 Å². The molecule has 2 aromatic carbocycles. The quantitative estimate of drug-likeness (QED) is 0.520. The van der Waals surface area contributed by atoms with Crippen LogP contribution in [0.15, 0.2) is 59.4 Å². The summed E-state index contributed by atoms with van der Waals surface area (Å²) in [5, 5.41) is 13.5. The van der Waals surface area contributed by atoms with Gasteiger partial charge in [0.2, 0.25) is 0 Å². The van der Waals surface area contributed by atoms with Gasteiger partial charge in [-0.3, -0.25) is 9.69 Å². The number of likely N-dealkylation sites (tertiary alicyclic amines) is 1. The summed E-state index contributed by atoms with van der Waals surface area (Å²) in [5.74, 6) is 1.39. The fraction of sp³-hybridized carbons (Fsp3) is 0.304. The Balaban J connectivity index is 1.61. The molecule has 0 bridgehead atoms. The number of hydrogen-bond acceptors (Lipinski definition) is 6. The van der Waals surface area contributed by atoms with Gasteiger partial charge in [-0.1, -0.05) is 30.3 Å². The smallest absolute Gasteiger partial charge is 0.253 e. The van der Waals surface area contributed by atoms with Crippen LogP contribution >= 0.6 is 0 Å². The zero-order valence-corrected chi connectivity index (χ0v) is 17.4. The number of ether oxygens (including phenoxy) is 1. The third kappa shape index (κ3) is 3.82. The van der Waals surface area contributed by atoms with Crippen molar-refractivity contribution in [3.8, 4) is 5.75 Å². The number of fused-ring (bicyclic) bond motifs is 1. The number of H-pyrrole nitrogens is 1. The highest BCUT2D eigenvalue weighted by atomic mass is 16.5. The van der Waals surface area contributed by atoms with Crippen LogP contribution in [0, 0.1) is 0 Å². The molecular weight excluding hydrogens is 392 g/mol. The van der Waals surface area contributed by atoms with Crippen LogP contribution in [-0.4, -0.2) is 50.3 Å². The molecule has 0 aliphatic carbocycles. The van der Waals surface area contributed by atoms with Gasteiger partial charge in [-0.2, -0.15) is 0 Å². The number of pyridine rings is 1. The third-order valence-electron chi connectivity index (χ3n) is 5.86. The average molecular weight is 416 g/mol. The molecule has 31 heavy (non-hydrogen) atoms. The molecule has 158 valence electrons. The summed E-state index contributed by atoms with van der Waals surface area (Å²) < 4.78 is 7.09. The van der Waals surface area contributed by atoms with Gasteiger partial charge in [0, 0.05) is 11.6 Å². The molecule has 1 saturated heterocycles. The number of aromatic amines is 1. The van der Waals surface area contributed by atoms with Crippen LogP contribution in [0.3, 0.4) is 0 Å². The van der Waals surface area contributed by atoms with E-state index >= 15 is 0 Å². The maximum atomic E-state index is 13.2. The highest BCUT2D eigenvalue weighted by molar-refractivity contribution is 5.80. The number of nitrogens with one attached hydrogen (secondary N) is 1. The van der Waals surface area contributed by atoms with Crippen molar-refractivity contribution in [3.63, 3.8) is 0 Å². The highest BCUT2D eigenvalue weighted by Crippen LogP contribution is 2.30. The molecular formula is C23H24N6O2. The Morgan fingerprint density at radius 3 is 2.68 bits per heavy atom. The van der Waals surface area contributed by atoms with Gasteiger partial charge in [0.1, 0.15) is 11.8 Å². The van der Waals surface area contributed by atoms with E-state index < -0.39 is 0 Å². The number of tetrazole rings is 1. The Labute approximate surface area is 179 Å². The molecule has 1 aliphatic rings. The summed E-state index contributed by atoms with van der Waals surface area (Å²) in [7, 11) is 1.61. The molecule has 1 aliphatic heterocycles. The Morgan fingerprint density at radius 1 is 1.10 bits per heavy atom. The van der Waals surface area contributed by atoms with Gasteiger partial charge in [-0.25, -0.2) is 4.68 Å². The van der Waals surface area contributed by atoms with Crippen molar-refractivity contribution in [1.29, 1.82) is 0 Å². The second kappa shape index (κ2) is 8.31. The van der Waals surface area contributed by atoms with Crippen LogP contribution in [0.25, 0.3) is 10.9 Å². The van der Waals surface area contributed by atoms with E-state index in [1.165, 1.54) is 0 Å². The summed E-state index contributed by atoms with van der Waals surface area (Å²) in [6.45, 7) is 2.36. The van der Waals surface area contributed by atoms with Crippen molar-refractivity contribution >= 4 is 10.9 Å². The lowest BCUT2D eigenvalue weighted by Crippen LogP contribution is -2.33. The van der Waals surface area contributed by atoms with Gasteiger partial charge in [0.15, 0.2) is 5.82 Å². The highest BCUT2D eigenvalue weighted by Gasteiger charge is 2.32. The molecule has 5 rings (SSSR count). The Bertz CT molecular complexity index is 1240. The van der Waals surface area contributed by atoms with Crippen LogP contribution in [0.5, 0.6) is 5.75 Å². The van der Waals surface area contributed by atoms with E-state index in [0.29, 0.717) is 23.7 Å². The fourth-order valence-electron chi connectivity index (χ4n) is 4.30. The molecule has 8 heteroatoms. The van der Waals surface area contributed by atoms with Crippen LogP contribution in [-0.2, 0) is 6.54 Å². The van der Waals surface area contributed by atoms with Crippen molar-refractivity contribution < 1.29 is 4.74 Å². The number of benzene rings is 2. The lowest BCUT2D eigenvalue weighted by atomic mass is 10.0. The zero-order valence-electron chi connectivity index (χ0n) is 17.4. The molecule has 0 unspecified atom stereocenters. The standard InChI is InChI=1S/C23H24N6O2/c1-31-18-10-9-17-13-19(23(30)24-20(17)14-18)21(28-11-5-6-12-28)22-25-26-27-29(22)15-16-7-3-2-4-8-16/h2-4,7-10,13-14,21H,5-6,11-12,15H2,1H3,(H,24,30)/t21-/m0/s1. The minimum Gasteiger partial charge on any atom is -0.497 e. The van der Waals surface area contributed by atoms with E-state index in [2.05, 4.69) is 25.4 Å². The van der Waals surface area contributed by atoms with Gasteiger partial charge in [-0.15, -0.1) is 5.10 Å². The lowest BCUT2D eigenvalue weighted by Gasteiger charge is -2.26. The summed E-state index contributed by atoms with van der Waals surface area (Å²) in [4.78, 5) is 18.5. The van der Waals surface area contributed by atoms with E-state index in [9.17, 15) is 4.79 Å². The van der Waals surface area contributed by atoms with Crippen LogP contribution in [0.1, 0.15) is 35.8 Å². The van der Waals surface area contributed by atoms with Crippen molar-refractivity contribution in [3.05, 3.63) is 81.9 Å². The first-order valence-corrected chi connectivity index (χ1v) is 10.5. The molecule has 1 N–H and O–H groups in total. The van der Waals surface area contributed by atoms with Crippen molar-refractivity contribution in [2.24, 2.45) is 0 Å². The first kappa shape index (κ1) is 19.4. The van der Waals surface area contributed by atoms with Gasteiger partial charge in [-0.05, 0) is 65.5 Å². The summed E-state index contributed by atoms with van der Waals surface area (Å²) in [6.07, 6.45) is 2.19. The molecule has 0 spiro atoms. The topological polar surface area (TPSA) is 88.9 Å². The molecule has 0 amide bonds. The summed E-state index contributed by atoms with van der Waals surface area (Å²) in [5.41, 5.74) is 2.38. The Hall–Kier alpha value is -3.52. The number of hydrogen-bond donors (Lipinski definition) is 1. The van der Waals surface area contributed by atoms with E-state index in [0.717, 1.165) is 42.4 Å². The molecule has 3 heterocycles. The summed E-state index contributed by atoms with van der Waals surface area (Å²) in [6, 6.07) is 17.4. The maximum Gasteiger partial charge on any atom is 0.253 e. The molecule has 4 aromatic rings. The van der Waals surface area contributed by atoms with Crippen LogP contribution in [0.4, 0.5) is 0 Å². The monoisotopic (exact) mass is 416 g/mol. The van der Waals surface area contributed by atoms with E-state index in [1.807, 2.05) is 54.6 Å². The van der Waals surface area contributed by atoms with Gasteiger partial charge in [0.05, 0.1) is 19.2 Å². The van der Waals surface area contributed by atoms with E-state index in [4.69, 9.17) is 4.74 Å². The average Bonchev–Trinajstić information content (AvgIpc) is 3.48. The molecule has 1 atom stereocenters. The van der Waals surface area contributed by atoms with E-state index in [-0.39, 0.29) is 11.6 Å². The molecule has 0 saturated carbocycles. The molecule has 8 nitrogen and oxygen atoms in total. The maximum absolute atomic E-state index is 13.2. The number of rotatable bonds is 6. The van der Waals surface area contributed by atoms with Gasteiger partial charge in [0.25, 0.3) is 5.56 Å². The Morgan fingerprint density at radius 2 is 1.90 bits per heavy atom. The van der Waals surface area contributed by atoms with Crippen LogP contribution < -0.4 is 10.3 Å². The van der Waals surface area contributed by atoms with E-state index in [1.54, 1.807) is 11.8 Å². The zero-order chi connectivity index (χ0) is 21.2. The second-order valence-corrected chi connectivity index (χ2v) is 7.83. The predicted octanol–water partition coefficient (Wildman–Crippen LogP) is 2.76. The molecule has 0 radical (unpaired) electrons. The fourth-order valence-corrected chi connectivity index (χ4v) is 4.30. The summed E-state index contributed by atoms with van der Waals surface area (Å²) >= 11 is 0. The molecule has 2 aromatic heterocycles. The van der Waals surface area contributed by atoms with Gasteiger partial charge >= 0.3 is 0 Å². The van der Waals surface area contributed by atoms with Crippen LogP contribution in [0.2, 0.25) is 0 Å². The minimum absolute atomic E-state index is 0.132.